The highest BCUT2D eigenvalue weighted by molar-refractivity contribution is 7.20. The normalized spacial score (nSPS) is 17.4. The van der Waals surface area contributed by atoms with Gasteiger partial charge in [-0.05, 0) is 131 Å². The Hall–Kier alpha value is -6.02. The Morgan fingerprint density at radius 2 is 1.39 bits per heavy atom. The number of hydrogen-bond donors (Lipinski definition) is 0. The molecule has 0 unspecified atom stereocenters. The van der Waals surface area contributed by atoms with Crippen molar-refractivity contribution in [2.24, 2.45) is 0 Å². The van der Waals surface area contributed by atoms with Crippen LogP contribution in [-0.4, -0.2) is 0 Å². The van der Waals surface area contributed by atoms with E-state index in [-0.39, 0.29) is 5.41 Å². The summed E-state index contributed by atoms with van der Waals surface area (Å²) in [6.45, 7) is 21.8. The molecule has 0 bridgehead atoms. The summed E-state index contributed by atoms with van der Waals surface area (Å²) in [5.41, 5.74) is 15.4. The summed E-state index contributed by atoms with van der Waals surface area (Å²) in [6, 6.07) is 24.5. The third-order valence-electron chi connectivity index (χ3n) is 12.0. The zero-order valence-electron chi connectivity index (χ0n) is 32.4. The molecule has 0 radical (unpaired) electrons. The van der Waals surface area contributed by atoms with Crippen LogP contribution in [-0.2, 0) is 11.8 Å². The van der Waals surface area contributed by atoms with Crippen LogP contribution in [0.2, 0.25) is 0 Å². The van der Waals surface area contributed by atoms with Crippen LogP contribution in [0.3, 0.4) is 0 Å². The van der Waals surface area contributed by atoms with Crippen molar-refractivity contribution in [1.82, 2.24) is 0 Å². The third kappa shape index (κ3) is 5.64. The Kier molecular flexibility index (Phi) is 9.07. The molecule has 0 saturated carbocycles. The van der Waals surface area contributed by atoms with Crippen molar-refractivity contribution in [2.75, 3.05) is 0 Å². The van der Waals surface area contributed by atoms with E-state index in [0.29, 0.717) is 0 Å². The summed E-state index contributed by atoms with van der Waals surface area (Å²) in [4.78, 5) is 1.41. The molecule has 0 amide bonds. The average Bonchev–Trinajstić information content (AvgIpc) is 3.65. The Labute approximate surface area is 335 Å². The molecule has 272 valence electrons. The second-order valence-electron chi connectivity index (χ2n) is 15.6. The van der Waals surface area contributed by atoms with Gasteiger partial charge in [-0.2, -0.15) is 0 Å². The standard InChI is InChI=1S/C55H46S/c1-7-35-20-18-29-42(39(35)8-2)51-41(10-4)40(9-3)50(43-24-11-12-25-44(43)51)38-22-17-21-37(34-38)36-23-19-33-55(5,6)53-46-27-14-13-26-45(46)52-47-28-15-16-30-49(47)56-54(52)48(53)32-31-36/h7-10,13-14,16-27,29-34H,1-4,11-12,15,28H2,5-6H3/b32-31+,33-19+,36-23+. The highest BCUT2D eigenvalue weighted by Gasteiger charge is 2.28. The summed E-state index contributed by atoms with van der Waals surface area (Å²) in [6.07, 6.45) is 33.2. The van der Waals surface area contributed by atoms with Gasteiger partial charge in [-0.25, -0.2) is 0 Å². The first-order chi connectivity index (χ1) is 27.4. The fourth-order valence-electron chi connectivity index (χ4n) is 9.48. The largest absolute Gasteiger partial charge is 0.135 e. The molecule has 0 aliphatic heterocycles. The van der Waals surface area contributed by atoms with E-state index in [2.05, 4.69) is 162 Å². The molecule has 1 heteroatoms. The number of allylic oxidation sites excluding steroid dienone is 6. The first kappa shape index (κ1) is 35.7. The summed E-state index contributed by atoms with van der Waals surface area (Å²) in [7, 11) is 0. The molecule has 1 heterocycles. The second-order valence-corrected chi connectivity index (χ2v) is 16.6. The van der Waals surface area contributed by atoms with E-state index >= 15 is 0 Å². The highest BCUT2D eigenvalue weighted by Crippen LogP contribution is 2.48. The van der Waals surface area contributed by atoms with Crippen LogP contribution in [0.15, 0.2) is 123 Å². The number of rotatable bonds is 7. The lowest BCUT2D eigenvalue weighted by atomic mass is 9.77. The predicted octanol–water partition coefficient (Wildman–Crippen LogP) is 14.2. The van der Waals surface area contributed by atoms with Crippen LogP contribution < -0.4 is 10.4 Å². The van der Waals surface area contributed by atoms with Crippen molar-refractivity contribution in [3.8, 4) is 22.3 Å². The Morgan fingerprint density at radius 1 is 0.679 bits per heavy atom. The minimum Gasteiger partial charge on any atom is -0.135 e. The molecule has 3 aliphatic carbocycles. The van der Waals surface area contributed by atoms with E-state index in [4.69, 9.17) is 0 Å². The van der Waals surface area contributed by atoms with Gasteiger partial charge in [0.25, 0.3) is 0 Å². The van der Waals surface area contributed by atoms with Crippen molar-refractivity contribution < 1.29 is 0 Å². The quantitative estimate of drug-likeness (QED) is 0.153. The predicted molar refractivity (Wildman–Crippen MR) is 251 cm³/mol. The minimum atomic E-state index is -0.189. The van der Waals surface area contributed by atoms with Crippen LogP contribution in [0.5, 0.6) is 0 Å². The van der Waals surface area contributed by atoms with Gasteiger partial charge < -0.3 is 0 Å². The molecule has 0 fully saturated rings. The van der Waals surface area contributed by atoms with Gasteiger partial charge in [0.05, 0.1) is 0 Å². The fourth-order valence-corrected chi connectivity index (χ4v) is 10.8. The Morgan fingerprint density at radius 3 is 2.16 bits per heavy atom. The van der Waals surface area contributed by atoms with Crippen LogP contribution in [0.4, 0.5) is 0 Å². The summed E-state index contributed by atoms with van der Waals surface area (Å²) >= 11 is 1.96. The molecule has 1 aromatic heterocycles. The second kappa shape index (κ2) is 14.2. The van der Waals surface area contributed by atoms with Gasteiger partial charge in [-0.1, -0.05) is 174 Å². The molecule has 0 saturated heterocycles. The maximum atomic E-state index is 4.39. The molecule has 0 N–H and O–H groups in total. The number of hydrogen-bond acceptors (Lipinski definition) is 1. The molecule has 0 atom stereocenters. The zero-order valence-corrected chi connectivity index (χ0v) is 33.2. The Bertz CT molecular complexity index is 2940. The van der Waals surface area contributed by atoms with E-state index in [0.717, 1.165) is 53.5 Å². The van der Waals surface area contributed by atoms with E-state index in [9.17, 15) is 0 Å². The number of thiophene rings is 1. The van der Waals surface area contributed by atoms with E-state index < -0.39 is 0 Å². The van der Waals surface area contributed by atoms with Crippen molar-refractivity contribution in [3.63, 3.8) is 0 Å². The lowest BCUT2D eigenvalue weighted by Gasteiger charge is -2.26. The topological polar surface area (TPSA) is 0 Å². The van der Waals surface area contributed by atoms with Crippen molar-refractivity contribution in [1.29, 1.82) is 0 Å². The first-order valence-corrected chi connectivity index (χ1v) is 20.6. The van der Waals surface area contributed by atoms with Gasteiger partial charge in [0.2, 0.25) is 0 Å². The van der Waals surface area contributed by atoms with E-state index in [1.807, 2.05) is 35.6 Å². The van der Waals surface area contributed by atoms with Crippen LogP contribution in [0.25, 0.3) is 97.3 Å². The van der Waals surface area contributed by atoms with Crippen molar-refractivity contribution in [3.05, 3.63) is 183 Å². The van der Waals surface area contributed by atoms with Crippen molar-refractivity contribution >= 4 is 86.4 Å². The molecule has 6 aromatic rings. The number of aryl methyl sites for hydroxylation is 1. The smallest absolute Gasteiger partial charge is 0.0433 e. The molecule has 0 spiro atoms. The molecule has 5 aromatic carbocycles. The monoisotopic (exact) mass is 738 g/mol. The maximum absolute atomic E-state index is 4.39. The SMILES string of the molecule is C=Cc1cccc(-c2c(C=C)c(C=C)c(-c3cccc(C4=C/C=C/C(C)(C)c5c(c6sc7c(c6c6ccccc56)CCC=C7)\C=C\4)c3)c3c2=CCCC=3)c1C=C. The minimum absolute atomic E-state index is 0.189. The van der Waals surface area contributed by atoms with Crippen LogP contribution >= 0.6 is 11.3 Å². The average molecular weight is 739 g/mol. The molecular formula is C55H46S. The summed E-state index contributed by atoms with van der Waals surface area (Å²) < 4.78 is 1.40. The van der Waals surface area contributed by atoms with Gasteiger partial charge in [0.1, 0.15) is 0 Å². The van der Waals surface area contributed by atoms with Gasteiger partial charge in [0, 0.05) is 20.4 Å². The zero-order chi connectivity index (χ0) is 38.6. The molecule has 56 heavy (non-hydrogen) atoms. The molecule has 9 rings (SSSR count). The first-order valence-electron chi connectivity index (χ1n) is 19.8. The van der Waals surface area contributed by atoms with Gasteiger partial charge in [0.15, 0.2) is 0 Å². The molecule has 0 nitrogen and oxygen atoms in total. The molecule has 3 aliphatic rings. The lowest BCUT2D eigenvalue weighted by Crippen LogP contribution is -2.33. The van der Waals surface area contributed by atoms with E-state index in [1.54, 1.807) is 0 Å². The summed E-state index contributed by atoms with van der Waals surface area (Å²) in [5.74, 6) is 0. The maximum Gasteiger partial charge on any atom is 0.0433 e. The van der Waals surface area contributed by atoms with Gasteiger partial charge in [-0.15, -0.1) is 11.3 Å². The van der Waals surface area contributed by atoms with Crippen molar-refractivity contribution in [2.45, 2.75) is 44.9 Å². The van der Waals surface area contributed by atoms with Crippen LogP contribution in [0.1, 0.15) is 82.5 Å². The van der Waals surface area contributed by atoms with Gasteiger partial charge >= 0.3 is 0 Å². The highest BCUT2D eigenvalue weighted by atomic mass is 32.1. The van der Waals surface area contributed by atoms with E-state index in [1.165, 1.54) is 80.7 Å². The molecular weight excluding hydrogens is 693 g/mol. The lowest BCUT2D eigenvalue weighted by molar-refractivity contribution is 0.676. The number of benzene rings is 5. The number of fused-ring (bicyclic) bond motifs is 9. The third-order valence-corrected chi connectivity index (χ3v) is 13.2. The Balaban J connectivity index is 1.25. The fraction of sp³-hybridized carbons (Fsp3) is 0.127. The van der Waals surface area contributed by atoms with Crippen LogP contribution in [0, 0.1) is 0 Å². The summed E-state index contributed by atoms with van der Waals surface area (Å²) in [5, 5.41) is 6.66. The van der Waals surface area contributed by atoms with Gasteiger partial charge in [-0.3, -0.25) is 0 Å².